The van der Waals surface area contributed by atoms with Crippen molar-refractivity contribution < 1.29 is 9.90 Å². The van der Waals surface area contributed by atoms with Crippen LogP contribution in [0.1, 0.15) is 23.4 Å². The van der Waals surface area contributed by atoms with Gasteiger partial charge in [-0.3, -0.25) is 4.79 Å². The Hall–Kier alpha value is -2.30. The molecule has 1 aromatic carbocycles. The number of carbonyl (C=O) groups is 1. The fourth-order valence-corrected chi connectivity index (χ4v) is 2.84. The fourth-order valence-electron chi connectivity index (χ4n) is 2.84. The van der Waals surface area contributed by atoms with Crippen molar-refractivity contribution in [1.29, 1.82) is 0 Å². The van der Waals surface area contributed by atoms with Crippen LogP contribution in [0.5, 0.6) is 0 Å². The van der Waals surface area contributed by atoms with Crippen molar-refractivity contribution in [3.05, 3.63) is 47.5 Å². The van der Waals surface area contributed by atoms with E-state index >= 15 is 0 Å². The van der Waals surface area contributed by atoms with Gasteiger partial charge in [-0.05, 0) is 23.6 Å². The quantitative estimate of drug-likeness (QED) is 0.912. The van der Waals surface area contributed by atoms with Gasteiger partial charge in [0.05, 0.1) is 6.42 Å². The molecule has 2 aromatic rings. The van der Waals surface area contributed by atoms with Gasteiger partial charge < -0.3 is 14.6 Å². The Labute approximate surface area is 123 Å². The average molecular weight is 285 g/mol. The summed E-state index contributed by atoms with van der Waals surface area (Å²) in [6.45, 7) is 1.55. The summed E-state index contributed by atoms with van der Waals surface area (Å²) in [5.74, 6) is 0.137. The Kier molecular flexibility index (Phi) is 3.64. The van der Waals surface area contributed by atoms with Crippen molar-refractivity contribution in [2.45, 2.75) is 25.8 Å². The van der Waals surface area contributed by atoms with Crippen molar-refractivity contribution in [1.82, 2.24) is 9.55 Å². The van der Waals surface area contributed by atoms with E-state index in [0.29, 0.717) is 6.54 Å². The van der Waals surface area contributed by atoms with Crippen LogP contribution in [0.3, 0.4) is 0 Å². The van der Waals surface area contributed by atoms with Gasteiger partial charge in [-0.2, -0.15) is 0 Å². The fraction of sp³-hybridized carbons (Fsp3) is 0.375. The lowest BCUT2D eigenvalue weighted by Gasteiger charge is -2.12. The van der Waals surface area contributed by atoms with Gasteiger partial charge in [0, 0.05) is 44.6 Å². The van der Waals surface area contributed by atoms with Crippen molar-refractivity contribution >= 4 is 11.7 Å². The van der Waals surface area contributed by atoms with Gasteiger partial charge in [0.15, 0.2) is 0 Å². The highest BCUT2D eigenvalue weighted by Crippen LogP contribution is 2.28. The van der Waals surface area contributed by atoms with E-state index in [-0.39, 0.29) is 6.42 Å². The van der Waals surface area contributed by atoms with Crippen LogP contribution in [0.15, 0.2) is 30.6 Å². The van der Waals surface area contributed by atoms with E-state index in [1.54, 1.807) is 6.20 Å². The lowest BCUT2D eigenvalue weighted by molar-refractivity contribution is -0.137. The molecule has 1 N–H and O–H groups in total. The molecule has 0 atom stereocenters. The molecule has 5 heteroatoms. The van der Waals surface area contributed by atoms with Gasteiger partial charge in [0.2, 0.25) is 0 Å². The van der Waals surface area contributed by atoms with Gasteiger partial charge in [-0.1, -0.05) is 12.1 Å². The van der Waals surface area contributed by atoms with Gasteiger partial charge in [0.25, 0.3) is 0 Å². The molecule has 0 saturated heterocycles. The van der Waals surface area contributed by atoms with Gasteiger partial charge >= 0.3 is 5.97 Å². The van der Waals surface area contributed by atoms with E-state index in [4.69, 9.17) is 5.11 Å². The van der Waals surface area contributed by atoms with E-state index in [2.05, 4.69) is 35.1 Å². The number of rotatable bonds is 5. The Morgan fingerprint density at radius 3 is 3.10 bits per heavy atom. The van der Waals surface area contributed by atoms with Crippen LogP contribution in [0.2, 0.25) is 0 Å². The molecular weight excluding hydrogens is 266 g/mol. The molecule has 1 aliphatic heterocycles. The van der Waals surface area contributed by atoms with E-state index in [1.165, 1.54) is 16.8 Å². The molecule has 5 nitrogen and oxygen atoms in total. The SMILES string of the molecule is CN1CCc2cc(Cc3nccn3CCC(=O)O)ccc21. The van der Waals surface area contributed by atoms with Gasteiger partial charge in [-0.15, -0.1) is 0 Å². The first kappa shape index (κ1) is 13.7. The van der Waals surface area contributed by atoms with Crippen LogP contribution in [0.25, 0.3) is 0 Å². The Balaban J connectivity index is 1.75. The third-order valence-corrected chi connectivity index (χ3v) is 4.00. The molecule has 1 aliphatic rings. The number of nitrogens with zero attached hydrogens (tertiary/aromatic N) is 3. The third kappa shape index (κ3) is 2.91. The van der Waals surface area contributed by atoms with Crippen molar-refractivity contribution in [2.24, 2.45) is 0 Å². The second kappa shape index (κ2) is 5.60. The molecule has 110 valence electrons. The molecule has 0 amide bonds. The largest absolute Gasteiger partial charge is 0.481 e. The smallest absolute Gasteiger partial charge is 0.305 e. The molecule has 0 radical (unpaired) electrons. The second-order valence-corrected chi connectivity index (χ2v) is 5.49. The topological polar surface area (TPSA) is 58.4 Å². The molecule has 0 unspecified atom stereocenters. The highest BCUT2D eigenvalue weighted by Gasteiger charge is 2.16. The van der Waals surface area contributed by atoms with Crippen LogP contribution in [0, 0.1) is 0 Å². The maximum absolute atomic E-state index is 10.7. The summed E-state index contributed by atoms with van der Waals surface area (Å²) < 4.78 is 1.92. The predicted octanol–water partition coefficient (Wildman–Crippen LogP) is 1.94. The van der Waals surface area contributed by atoms with E-state index < -0.39 is 5.97 Å². The molecule has 1 aromatic heterocycles. The number of carboxylic acid groups (broad SMARTS) is 1. The van der Waals surface area contributed by atoms with E-state index in [1.807, 2.05) is 10.8 Å². The van der Waals surface area contributed by atoms with Crippen LogP contribution in [-0.4, -0.2) is 34.2 Å². The Bertz CT molecular complexity index is 663. The first-order valence-corrected chi connectivity index (χ1v) is 7.18. The first-order chi connectivity index (χ1) is 10.1. The summed E-state index contributed by atoms with van der Waals surface area (Å²) >= 11 is 0. The van der Waals surface area contributed by atoms with Crippen molar-refractivity contribution in [2.75, 3.05) is 18.5 Å². The molecule has 0 fully saturated rings. The first-order valence-electron chi connectivity index (χ1n) is 7.18. The minimum Gasteiger partial charge on any atom is -0.481 e. The summed E-state index contributed by atoms with van der Waals surface area (Å²) in [5.41, 5.74) is 3.93. The van der Waals surface area contributed by atoms with Crippen LogP contribution < -0.4 is 4.90 Å². The number of fused-ring (bicyclic) bond motifs is 1. The third-order valence-electron chi connectivity index (χ3n) is 4.00. The number of anilines is 1. The van der Waals surface area contributed by atoms with Crippen molar-refractivity contribution in [3.8, 4) is 0 Å². The number of carboxylic acids is 1. The zero-order valence-electron chi connectivity index (χ0n) is 12.1. The minimum absolute atomic E-state index is 0.123. The zero-order valence-corrected chi connectivity index (χ0v) is 12.1. The predicted molar refractivity (Wildman–Crippen MR) is 80.7 cm³/mol. The maximum Gasteiger partial charge on any atom is 0.305 e. The van der Waals surface area contributed by atoms with E-state index in [0.717, 1.165) is 25.2 Å². The van der Waals surface area contributed by atoms with Crippen LogP contribution in [-0.2, 0) is 24.2 Å². The summed E-state index contributed by atoms with van der Waals surface area (Å²) in [5, 5.41) is 8.79. The molecule has 0 saturated carbocycles. The lowest BCUT2D eigenvalue weighted by Crippen LogP contribution is -2.12. The molecule has 3 rings (SSSR count). The van der Waals surface area contributed by atoms with Gasteiger partial charge in [-0.25, -0.2) is 4.98 Å². The second-order valence-electron chi connectivity index (χ2n) is 5.49. The number of hydrogen-bond acceptors (Lipinski definition) is 3. The Morgan fingerprint density at radius 2 is 2.29 bits per heavy atom. The van der Waals surface area contributed by atoms with E-state index in [9.17, 15) is 4.79 Å². The number of likely N-dealkylation sites (N-methyl/N-ethyl adjacent to an activating group) is 1. The normalized spacial score (nSPS) is 13.5. The summed E-state index contributed by atoms with van der Waals surface area (Å²) in [6.07, 6.45) is 5.53. The molecule has 21 heavy (non-hydrogen) atoms. The number of hydrogen-bond donors (Lipinski definition) is 1. The average Bonchev–Trinajstić information content (AvgIpc) is 3.04. The molecule has 2 heterocycles. The number of aryl methyl sites for hydroxylation is 1. The highest BCUT2D eigenvalue weighted by molar-refractivity contribution is 5.66. The van der Waals surface area contributed by atoms with Crippen LogP contribution >= 0.6 is 0 Å². The summed E-state index contributed by atoms with van der Waals surface area (Å²) in [4.78, 5) is 17.3. The summed E-state index contributed by atoms with van der Waals surface area (Å²) in [7, 11) is 2.12. The lowest BCUT2D eigenvalue weighted by atomic mass is 10.1. The summed E-state index contributed by atoms with van der Waals surface area (Å²) in [6, 6.07) is 6.55. The van der Waals surface area contributed by atoms with Crippen molar-refractivity contribution in [3.63, 3.8) is 0 Å². The molecule has 0 aliphatic carbocycles. The zero-order chi connectivity index (χ0) is 14.8. The molecular formula is C16H19N3O2. The number of benzene rings is 1. The van der Waals surface area contributed by atoms with Gasteiger partial charge in [0.1, 0.15) is 5.82 Å². The monoisotopic (exact) mass is 285 g/mol. The maximum atomic E-state index is 10.7. The number of aromatic nitrogens is 2. The Morgan fingerprint density at radius 1 is 1.43 bits per heavy atom. The van der Waals surface area contributed by atoms with Crippen LogP contribution in [0.4, 0.5) is 5.69 Å². The molecule has 0 spiro atoms. The standard InChI is InChI=1S/C16H19N3O2/c1-18-7-4-13-10-12(2-3-14(13)18)11-15-17-6-9-19(15)8-5-16(20)21/h2-3,6,9-10H,4-5,7-8,11H2,1H3,(H,20,21). The highest BCUT2D eigenvalue weighted by atomic mass is 16.4. The number of imidazole rings is 1. The molecule has 0 bridgehead atoms. The number of aliphatic carboxylic acids is 1. The minimum atomic E-state index is -0.782.